The van der Waals surface area contributed by atoms with Gasteiger partial charge in [0.05, 0.1) is 0 Å². The van der Waals surface area contributed by atoms with Crippen LogP contribution in [0.1, 0.15) is 0 Å². The average molecular weight is 839 g/mol. The molecule has 310 valence electrons. The lowest BCUT2D eigenvalue weighted by Crippen LogP contribution is -2.03. The van der Waals surface area contributed by atoms with E-state index in [2.05, 4.69) is 279 Å². The van der Waals surface area contributed by atoms with E-state index in [0.717, 1.165) is 33.4 Å². The van der Waals surface area contributed by atoms with Gasteiger partial charge in [-0.05, 0) is 148 Å². The lowest BCUT2D eigenvalue weighted by atomic mass is 9.73. The Balaban J connectivity index is 1.39. The van der Waals surface area contributed by atoms with E-state index in [1.54, 1.807) is 0 Å². The smallest absolute Gasteiger partial charge is 0.00134 e. The quantitative estimate of drug-likeness (QED) is 0.129. The van der Waals surface area contributed by atoms with E-state index in [1.165, 1.54) is 77.9 Å². The maximum Gasteiger partial charge on any atom is -0.00134 e. The number of hydrogen-bond donors (Lipinski definition) is 0. The van der Waals surface area contributed by atoms with Gasteiger partial charge in [-0.1, -0.05) is 243 Å². The summed E-state index contributed by atoms with van der Waals surface area (Å²) in [5.41, 5.74) is 23.4. The monoisotopic (exact) mass is 838 g/mol. The lowest BCUT2D eigenvalue weighted by molar-refractivity contribution is 1.50. The van der Waals surface area contributed by atoms with Crippen LogP contribution in [0.15, 0.2) is 279 Å². The van der Waals surface area contributed by atoms with Gasteiger partial charge in [0, 0.05) is 0 Å². The minimum atomic E-state index is 1.15. The first-order valence-corrected chi connectivity index (χ1v) is 22.7. The molecule has 0 spiro atoms. The van der Waals surface area contributed by atoms with Crippen molar-refractivity contribution in [1.29, 1.82) is 0 Å². The van der Waals surface area contributed by atoms with E-state index in [0.29, 0.717) is 0 Å². The van der Waals surface area contributed by atoms with Crippen LogP contribution in [0.25, 0.3) is 111 Å². The Labute approximate surface area is 388 Å². The first-order valence-electron chi connectivity index (χ1n) is 22.7. The maximum atomic E-state index is 2.42. The van der Waals surface area contributed by atoms with Crippen LogP contribution in [0.5, 0.6) is 0 Å². The Morgan fingerprint density at radius 2 is 0.242 bits per heavy atom. The second-order valence-electron chi connectivity index (χ2n) is 16.8. The van der Waals surface area contributed by atoms with Crippen LogP contribution >= 0.6 is 0 Å². The third-order valence-corrected chi connectivity index (χ3v) is 12.6. The Morgan fingerprint density at radius 1 is 0.106 bits per heavy atom. The number of hydrogen-bond acceptors (Lipinski definition) is 0. The summed E-state index contributed by atoms with van der Waals surface area (Å²) in [7, 11) is 0. The van der Waals surface area contributed by atoms with E-state index in [-0.39, 0.29) is 0 Å². The summed E-state index contributed by atoms with van der Waals surface area (Å²) in [6, 6.07) is 102. The number of rotatable bonds is 10. The molecular weight excluding hydrogens is 793 g/mol. The van der Waals surface area contributed by atoms with Gasteiger partial charge in [0.15, 0.2) is 0 Å². The summed E-state index contributed by atoms with van der Waals surface area (Å²) in [4.78, 5) is 0. The highest BCUT2D eigenvalue weighted by Crippen LogP contribution is 2.57. The SMILES string of the molecule is c1ccc(-c2cc(-c3ccccc3)cc(-c3c(-c4ccccc4)c(-c4ccccc4)c(-c4cc(-c5ccccc5)cc(-c5ccccc5)c4)c(-c4ccccc4)c3-c3ccccc3)c2)cc1. The van der Waals surface area contributed by atoms with E-state index in [9.17, 15) is 0 Å². The summed E-state index contributed by atoms with van der Waals surface area (Å²) in [6.45, 7) is 0. The fourth-order valence-corrected chi connectivity index (χ4v) is 9.63. The third-order valence-electron chi connectivity index (χ3n) is 12.6. The van der Waals surface area contributed by atoms with Crippen molar-refractivity contribution in [2.24, 2.45) is 0 Å². The van der Waals surface area contributed by atoms with Crippen molar-refractivity contribution in [3.05, 3.63) is 279 Å². The summed E-state index contributed by atoms with van der Waals surface area (Å²) in [5.74, 6) is 0. The molecule has 0 aliphatic heterocycles. The van der Waals surface area contributed by atoms with Crippen LogP contribution in [0.2, 0.25) is 0 Å². The van der Waals surface area contributed by atoms with Crippen LogP contribution in [0.4, 0.5) is 0 Å². The summed E-state index contributed by atoms with van der Waals surface area (Å²) >= 11 is 0. The molecule has 0 radical (unpaired) electrons. The largest absolute Gasteiger partial charge is 0.0622 e. The average Bonchev–Trinajstić information content (AvgIpc) is 3.41. The van der Waals surface area contributed by atoms with Crippen LogP contribution < -0.4 is 0 Å². The highest BCUT2D eigenvalue weighted by Gasteiger charge is 2.30. The zero-order valence-electron chi connectivity index (χ0n) is 36.6. The van der Waals surface area contributed by atoms with Crippen molar-refractivity contribution in [3.8, 4) is 111 Å². The van der Waals surface area contributed by atoms with Gasteiger partial charge in [-0.2, -0.15) is 0 Å². The van der Waals surface area contributed by atoms with Crippen LogP contribution in [-0.4, -0.2) is 0 Å². The topological polar surface area (TPSA) is 0 Å². The summed E-state index contributed by atoms with van der Waals surface area (Å²) < 4.78 is 0. The minimum Gasteiger partial charge on any atom is -0.0622 e. The molecule has 0 fully saturated rings. The van der Waals surface area contributed by atoms with Gasteiger partial charge in [-0.15, -0.1) is 0 Å². The molecule has 0 bridgehead atoms. The molecule has 66 heavy (non-hydrogen) atoms. The Hall–Kier alpha value is -8.58. The van der Waals surface area contributed by atoms with Crippen molar-refractivity contribution in [2.45, 2.75) is 0 Å². The van der Waals surface area contributed by atoms with Gasteiger partial charge < -0.3 is 0 Å². The van der Waals surface area contributed by atoms with E-state index in [1.807, 2.05) is 0 Å². The molecule has 0 nitrogen and oxygen atoms in total. The fourth-order valence-electron chi connectivity index (χ4n) is 9.63. The second kappa shape index (κ2) is 18.3. The highest BCUT2D eigenvalue weighted by molar-refractivity contribution is 6.16. The lowest BCUT2D eigenvalue weighted by Gasteiger charge is -2.29. The van der Waals surface area contributed by atoms with Gasteiger partial charge in [0.1, 0.15) is 0 Å². The van der Waals surface area contributed by atoms with Crippen molar-refractivity contribution >= 4 is 0 Å². The minimum absolute atomic E-state index is 1.15. The molecule has 0 heterocycles. The van der Waals surface area contributed by atoms with E-state index in [4.69, 9.17) is 0 Å². The summed E-state index contributed by atoms with van der Waals surface area (Å²) in [6.07, 6.45) is 0. The zero-order valence-corrected chi connectivity index (χ0v) is 36.6. The maximum absolute atomic E-state index is 2.42. The number of benzene rings is 11. The predicted octanol–water partition coefficient (Wildman–Crippen LogP) is 18.4. The molecule has 11 aromatic carbocycles. The molecule has 0 amide bonds. The molecule has 0 aliphatic rings. The first-order chi connectivity index (χ1) is 32.8. The van der Waals surface area contributed by atoms with Crippen LogP contribution in [0.3, 0.4) is 0 Å². The normalized spacial score (nSPS) is 11.0. The molecule has 0 heteroatoms. The molecule has 11 aromatic rings. The Bertz CT molecular complexity index is 2930. The van der Waals surface area contributed by atoms with Gasteiger partial charge in [-0.25, -0.2) is 0 Å². The molecule has 0 saturated heterocycles. The Kier molecular flexibility index (Phi) is 11.1. The van der Waals surface area contributed by atoms with Gasteiger partial charge in [0.25, 0.3) is 0 Å². The molecule has 0 saturated carbocycles. The van der Waals surface area contributed by atoms with Gasteiger partial charge >= 0.3 is 0 Å². The van der Waals surface area contributed by atoms with Gasteiger partial charge in [0.2, 0.25) is 0 Å². The van der Waals surface area contributed by atoms with Crippen molar-refractivity contribution < 1.29 is 0 Å². The summed E-state index contributed by atoms with van der Waals surface area (Å²) in [5, 5.41) is 0. The van der Waals surface area contributed by atoms with Crippen LogP contribution in [-0.2, 0) is 0 Å². The van der Waals surface area contributed by atoms with Crippen molar-refractivity contribution in [3.63, 3.8) is 0 Å². The third kappa shape index (κ3) is 7.98. The molecule has 0 unspecified atom stereocenters. The Morgan fingerprint density at radius 3 is 0.424 bits per heavy atom. The fraction of sp³-hybridized carbons (Fsp3) is 0. The van der Waals surface area contributed by atoms with E-state index >= 15 is 0 Å². The molecule has 11 rings (SSSR count). The standard InChI is InChI=1S/C66H46/c1-9-25-47(26-10-1)55-41-56(48-27-11-2-12-28-48)44-59(43-55)65-61(51-33-17-5-18-34-51)63(53-37-21-7-22-38-53)66(64(54-39-23-8-24-40-54)62(65)52-35-19-6-20-36-52)60-45-57(49-29-13-3-14-30-49)42-58(46-60)50-31-15-4-16-32-50/h1-46H. The predicted molar refractivity (Wildman–Crippen MR) is 281 cm³/mol. The zero-order chi connectivity index (χ0) is 44.1. The van der Waals surface area contributed by atoms with Crippen molar-refractivity contribution in [2.75, 3.05) is 0 Å². The first kappa shape index (κ1) is 40.2. The molecule has 0 atom stereocenters. The molecule has 0 aromatic heterocycles. The molecule has 0 N–H and O–H groups in total. The van der Waals surface area contributed by atoms with Gasteiger partial charge in [-0.3, -0.25) is 0 Å². The van der Waals surface area contributed by atoms with Crippen molar-refractivity contribution in [1.82, 2.24) is 0 Å². The van der Waals surface area contributed by atoms with E-state index < -0.39 is 0 Å². The van der Waals surface area contributed by atoms with Crippen LogP contribution in [0, 0.1) is 0 Å². The molecular formula is C66H46. The highest BCUT2D eigenvalue weighted by atomic mass is 14.3. The second-order valence-corrected chi connectivity index (χ2v) is 16.8. The molecule has 0 aliphatic carbocycles.